The maximum absolute atomic E-state index is 13.1. The molecule has 2 heterocycles. The van der Waals surface area contributed by atoms with Gasteiger partial charge >= 0.3 is 5.97 Å². The van der Waals surface area contributed by atoms with E-state index in [1.165, 1.54) is 18.5 Å². The lowest BCUT2D eigenvalue weighted by atomic mass is 10.2. The van der Waals surface area contributed by atoms with Crippen LogP contribution < -0.4 is 4.90 Å². The smallest absolute Gasteiger partial charge is 0.361 e. The van der Waals surface area contributed by atoms with Crippen molar-refractivity contribution in [1.29, 1.82) is 0 Å². The molecule has 8 heteroatoms. The third-order valence-electron chi connectivity index (χ3n) is 3.25. The van der Waals surface area contributed by atoms with Crippen molar-refractivity contribution in [3.8, 4) is 0 Å². The molecule has 3 aromatic rings. The van der Waals surface area contributed by atoms with Crippen molar-refractivity contribution in [2.45, 2.75) is 6.92 Å². The van der Waals surface area contributed by atoms with Gasteiger partial charge in [0.05, 0.1) is 6.61 Å². The number of carbonyl (C=O) groups excluding carboxylic acids is 1. The molecule has 118 valence electrons. The van der Waals surface area contributed by atoms with E-state index in [1.807, 2.05) is 0 Å². The van der Waals surface area contributed by atoms with E-state index in [4.69, 9.17) is 9.26 Å². The van der Waals surface area contributed by atoms with Crippen molar-refractivity contribution >= 4 is 28.6 Å². The summed E-state index contributed by atoms with van der Waals surface area (Å²) in [5.74, 6) is -0.548. The number of halogens is 1. The fourth-order valence-electron chi connectivity index (χ4n) is 2.15. The van der Waals surface area contributed by atoms with Gasteiger partial charge < -0.3 is 14.2 Å². The zero-order chi connectivity index (χ0) is 16.4. The monoisotopic (exact) mass is 316 g/mol. The lowest BCUT2D eigenvalue weighted by Gasteiger charge is -2.18. The molecule has 0 amide bonds. The summed E-state index contributed by atoms with van der Waals surface area (Å²) in [5.41, 5.74) is 0.862. The molecule has 0 saturated heterocycles. The summed E-state index contributed by atoms with van der Waals surface area (Å²) in [6, 6.07) is 5.87. The highest BCUT2D eigenvalue weighted by atomic mass is 19.1. The molecule has 1 aromatic carbocycles. The molecule has 23 heavy (non-hydrogen) atoms. The van der Waals surface area contributed by atoms with Crippen LogP contribution >= 0.6 is 0 Å². The molecule has 0 N–H and O–H groups in total. The fraction of sp³-hybridized carbons (Fsp3) is 0.200. The molecular formula is C15H13FN4O3. The summed E-state index contributed by atoms with van der Waals surface area (Å²) in [6.07, 6.45) is 1.30. The third kappa shape index (κ3) is 2.70. The van der Waals surface area contributed by atoms with Crippen LogP contribution in [0.5, 0.6) is 0 Å². The third-order valence-corrected chi connectivity index (χ3v) is 3.25. The van der Waals surface area contributed by atoms with E-state index in [2.05, 4.69) is 15.1 Å². The Morgan fingerprint density at radius 1 is 1.30 bits per heavy atom. The maximum Gasteiger partial charge on any atom is 0.361 e. The predicted molar refractivity (Wildman–Crippen MR) is 80.0 cm³/mol. The summed E-state index contributed by atoms with van der Waals surface area (Å²) < 4.78 is 23.1. The standard InChI is InChI=1S/C15H13FN4O3/c1-3-22-15(21)12-11-13(17-8-18-14(11)23-19-12)20(2)10-6-4-9(16)5-7-10/h4-8H,3H2,1-2H3. The number of esters is 1. The van der Waals surface area contributed by atoms with Crippen LogP contribution in [0, 0.1) is 5.82 Å². The number of hydrogen-bond acceptors (Lipinski definition) is 7. The molecule has 0 fully saturated rings. The number of anilines is 2. The quantitative estimate of drug-likeness (QED) is 0.684. The van der Waals surface area contributed by atoms with Crippen LogP contribution in [0.2, 0.25) is 0 Å². The molecule has 0 bridgehead atoms. The first-order valence-electron chi connectivity index (χ1n) is 6.88. The second-order valence-corrected chi connectivity index (χ2v) is 4.66. The first-order valence-corrected chi connectivity index (χ1v) is 6.88. The van der Waals surface area contributed by atoms with E-state index >= 15 is 0 Å². The van der Waals surface area contributed by atoms with Gasteiger partial charge in [0, 0.05) is 12.7 Å². The van der Waals surface area contributed by atoms with Crippen LogP contribution in [0.3, 0.4) is 0 Å². The van der Waals surface area contributed by atoms with E-state index in [9.17, 15) is 9.18 Å². The Morgan fingerprint density at radius 3 is 2.74 bits per heavy atom. The second kappa shape index (κ2) is 5.99. The first-order chi connectivity index (χ1) is 11.1. The lowest BCUT2D eigenvalue weighted by Crippen LogP contribution is -2.13. The van der Waals surface area contributed by atoms with Crippen LogP contribution in [-0.2, 0) is 4.74 Å². The van der Waals surface area contributed by atoms with Gasteiger partial charge in [0.25, 0.3) is 5.71 Å². The summed E-state index contributed by atoms with van der Waals surface area (Å²) in [5, 5.41) is 4.07. The molecule has 0 aliphatic heterocycles. The Hall–Kier alpha value is -3.03. The van der Waals surface area contributed by atoms with E-state index < -0.39 is 5.97 Å². The summed E-state index contributed by atoms with van der Waals surface area (Å²) >= 11 is 0. The highest BCUT2D eigenvalue weighted by molar-refractivity contribution is 6.05. The Morgan fingerprint density at radius 2 is 2.04 bits per heavy atom. The summed E-state index contributed by atoms with van der Waals surface area (Å²) in [7, 11) is 1.73. The predicted octanol–water partition coefficient (Wildman–Crippen LogP) is 2.70. The minimum atomic E-state index is -0.616. The molecule has 0 aliphatic carbocycles. The molecule has 0 saturated carbocycles. The van der Waals surface area contributed by atoms with Crippen LogP contribution in [0.25, 0.3) is 11.1 Å². The normalized spacial score (nSPS) is 10.7. The maximum atomic E-state index is 13.1. The second-order valence-electron chi connectivity index (χ2n) is 4.66. The van der Waals surface area contributed by atoms with Gasteiger partial charge in [-0.1, -0.05) is 5.16 Å². The highest BCUT2D eigenvalue weighted by Crippen LogP contribution is 2.30. The first kappa shape index (κ1) is 14.9. The Balaban J connectivity index is 2.11. The molecule has 0 radical (unpaired) electrons. The average Bonchev–Trinajstić information content (AvgIpc) is 2.99. The Bertz CT molecular complexity index is 848. The molecule has 0 atom stereocenters. The number of hydrogen-bond donors (Lipinski definition) is 0. The minimum absolute atomic E-state index is 0.00594. The van der Waals surface area contributed by atoms with E-state index in [1.54, 1.807) is 31.0 Å². The Kier molecular flexibility index (Phi) is 3.88. The number of rotatable bonds is 4. The molecule has 0 spiro atoms. The van der Waals surface area contributed by atoms with E-state index in [0.717, 1.165) is 0 Å². The largest absolute Gasteiger partial charge is 0.461 e. The van der Waals surface area contributed by atoms with Crippen molar-refractivity contribution in [3.63, 3.8) is 0 Å². The lowest BCUT2D eigenvalue weighted by molar-refractivity contribution is 0.0517. The van der Waals surface area contributed by atoms with E-state index in [-0.39, 0.29) is 23.8 Å². The molecule has 7 nitrogen and oxygen atoms in total. The zero-order valence-corrected chi connectivity index (χ0v) is 12.5. The van der Waals surface area contributed by atoms with Gasteiger partial charge in [-0.25, -0.2) is 14.2 Å². The van der Waals surface area contributed by atoms with Gasteiger partial charge in [0.15, 0.2) is 0 Å². The Labute approximate surface area is 130 Å². The molecule has 0 aliphatic rings. The van der Waals surface area contributed by atoms with Crippen LogP contribution in [-0.4, -0.2) is 34.7 Å². The van der Waals surface area contributed by atoms with Crippen molar-refractivity contribution in [1.82, 2.24) is 15.1 Å². The van der Waals surface area contributed by atoms with Crippen molar-refractivity contribution in [3.05, 3.63) is 42.1 Å². The number of ether oxygens (including phenoxy) is 1. The number of benzene rings is 1. The summed E-state index contributed by atoms with van der Waals surface area (Å²) in [6.45, 7) is 1.91. The number of fused-ring (bicyclic) bond motifs is 1. The van der Waals surface area contributed by atoms with Gasteiger partial charge in [-0.15, -0.1) is 0 Å². The zero-order valence-electron chi connectivity index (χ0n) is 12.5. The van der Waals surface area contributed by atoms with Crippen molar-refractivity contribution in [2.75, 3.05) is 18.6 Å². The minimum Gasteiger partial charge on any atom is -0.461 e. The van der Waals surface area contributed by atoms with Crippen LogP contribution in [0.1, 0.15) is 17.4 Å². The molecule has 3 rings (SSSR count). The van der Waals surface area contributed by atoms with Crippen LogP contribution in [0.15, 0.2) is 35.1 Å². The number of aromatic nitrogens is 3. The van der Waals surface area contributed by atoms with Crippen molar-refractivity contribution in [2.24, 2.45) is 0 Å². The van der Waals surface area contributed by atoms with Gasteiger partial charge in [0.1, 0.15) is 23.3 Å². The molecule has 0 unspecified atom stereocenters. The highest BCUT2D eigenvalue weighted by Gasteiger charge is 2.24. The number of nitrogens with zero attached hydrogens (tertiary/aromatic N) is 4. The van der Waals surface area contributed by atoms with E-state index in [0.29, 0.717) is 16.9 Å². The fourth-order valence-corrected chi connectivity index (χ4v) is 2.15. The van der Waals surface area contributed by atoms with Crippen molar-refractivity contribution < 1.29 is 18.4 Å². The van der Waals surface area contributed by atoms with Gasteiger partial charge in [-0.3, -0.25) is 0 Å². The molecule has 2 aromatic heterocycles. The van der Waals surface area contributed by atoms with Gasteiger partial charge in [-0.2, -0.15) is 4.98 Å². The number of carbonyl (C=O) groups is 1. The topological polar surface area (TPSA) is 81.3 Å². The van der Waals surface area contributed by atoms with Gasteiger partial charge in [-0.05, 0) is 31.2 Å². The summed E-state index contributed by atoms with van der Waals surface area (Å²) in [4.78, 5) is 21.8. The SMILES string of the molecule is CCOC(=O)c1noc2ncnc(N(C)c3ccc(F)cc3)c12. The van der Waals surface area contributed by atoms with Crippen LogP contribution in [0.4, 0.5) is 15.9 Å². The average molecular weight is 316 g/mol. The van der Waals surface area contributed by atoms with Gasteiger partial charge in [0.2, 0.25) is 5.69 Å². The molecular weight excluding hydrogens is 303 g/mol.